The Morgan fingerprint density at radius 2 is 2.00 bits per heavy atom. The zero-order valence-corrected chi connectivity index (χ0v) is 10.8. The molecule has 0 unspecified atom stereocenters. The molecule has 5 heteroatoms. The summed E-state index contributed by atoms with van der Waals surface area (Å²) in [5.74, 6) is -0.585. The van der Waals surface area contributed by atoms with Crippen molar-refractivity contribution in [1.29, 1.82) is 0 Å². The number of allylic oxidation sites excluding steroid dienone is 3. The number of hydrogen-bond donors (Lipinski definition) is 1. The quantitative estimate of drug-likeness (QED) is 0.571. The zero-order chi connectivity index (χ0) is 12.6. The summed E-state index contributed by atoms with van der Waals surface area (Å²) in [4.78, 5) is 11.2. The highest BCUT2D eigenvalue weighted by atomic mass is 32.2. The molecule has 0 aliphatic rings. The lowest BCUT2D eigenvalue weighted by molar-refractivity contribution is -0.114. The molecule has 0 bridgehead atoms. The molecule has 0 aromatic heterocycles. The molecule has 0 aliphatic carbocycles. The molecular formula is C11H19NO3S. The SMILES string of the molecule is C/C=C/C=C\C(=O)NS(=O)(=O)C[C@@H](C)CC. The molecule has 4 nitrogen and oxygen atoms in total. The Balaban J connectivity index is 4.32. The second kappa shape index (κ2) is 7.22. The third kappa shape index (κ3) is 7.23. The van der Waals surface area contributed by atoms with E-state index in [1.54, 1.807) is 12.2 Å². The van der Waals surface area contributed by atoms with Crippen molar-refractivity contribution in [3.8, 4) is 0 Å². The number of hydrogen-bond acceptors (Lipinski definition) is 3. The highest BCUT2D eigenvalue weighted by molar-refractivity contribution is 7.90. The van der Waals surface area contributed by atoms with Gasteiger partial charge >= 0.3 is 0 Å². The standard InChI is InChI=1S/C11H19NO3S/c1-4-6-7-8-11(13)12-16(14,15)9-10(3)5-2/h4,6-8,10H,5,9H2,1-3H3,(H,12,13)/b6-4+,8-7-/t10-/m0/s1. The van der Waals surface area contributed by atoms with Crippen molar-refractivity contribution in [3.63, 3.8) is 0 Å². The number of rotatable bonds is 6. The van der Waals surface area contributed by atoms with Crippen LogP contribution in [0.4, 0.5) is 0 Å². The summed E-state index contributed by atoms with van der Waals surface area (Å²) in [6, 6.07) is 0. The van der Waals surface area contributed by atoms with Gasteiger partial charge in [-0.2, -0.15) is 0 Å². The van der Waals surface area contributed by atoms with E-state index in [1.807, 2.05) is 25.5 Å². The fraction of sp³-hybridized carbons (Fsp3) is 0.545. The van der Waals surface area contributed by atoms with Crippen LogP contribution in [0, 0.1) is 5.92 Å². The van der Waals surface area contributed by atoms with E-state index >= 15 is 0 Å². The Morgan fingerprint density at radius 1 is 1.38 bits per heavy atom. The molecular weight excluding hydrogens is 226 g/mol. The molecule has 0 saturated carbocycles. The molecule has 0 aromatic rings. The predicted octanol–water partition coefficient (Wildman–Crippen LogP) is 1.61. The van der Waals surface area contributed by atoms with Crippen LogP contribution in [0.15, 0.2) is 24.3 Å². The van der Waals surface area contributed by atoms with Gasteiger partial charge in [-0.1, -0.05) is 38.5 Å². The van der Waals surface area contributed by atoms with Crippen molar-refractivity contribution < 1.29 is 13.2 Å². The molecule has 0 radical (unpaired) electrons. The summed E-state index contributed by atoms with van der Waals surface area (Å²) in [7, 11) is -3.50. The van der Waals surface area contributed by atoms with E-state index in [-0.39, 0.29) is 11.7 Å². The Hall–Kier alpha value is -1.10. The van der Waals surface area contributed by atoms with Crippen LogP contribution in [0.1, 0.15) is 27.2 Å². The van der Waals surface area contributed by atoms with Gasteiger partial charge in [0, 0.05) is 6.08 Å². The van der Waals surface area contributed by atoms with Crippen LogP contribution >= 0.6 is 0 Å². The Bertz CT molecular complexity index is 369. The van der Waals surface area contributed by atoms with E-state index in [2.05, 4.69) is 0 Å². The van der Waals surface area contributed by atoms with Gasteiger partial charge in [-0.15, -0.1) is 0 Å². The smallest absolute Gasteiger partial charge is 0.257 e. The van der Waals surface area contributed by atoms with Gasteiger partial charge in [-0.05, 0) is 12.8 Å². The summed E-state index contributed by atoms with van der Waals surface area (Å²) < 4.78 is 24.9. The van der Waals surface area contributed by atoms with Crippen LogP contribution in [0.2, 0.25) is 0 Å². The summed E-state index contributed by atoms with van der Waals surface area (Å²) in [6.07, 6.45) is 6.85. The van der Waals surface area contributed by atoms with Crippen molar-refractivity contribution >= 4 is 15.9 Å². The number of carbonyl (C=O) groups is 1. The summed E-state index contributed by atoms with van der Waals surface area (Å²) in [5, 5.41) is 0. The first-order valence-corrected chi connectivity index (χ1v) is 6.90. The third-order valence-electron chi connectivity index (χ3n) is 2.01. The second-order valence-corrected chi connectivity index (χ2v) is 5.41. The Labute approximate surface area is 97.5 Å². The maximum Gasteiger partial charge on any atom is 0.257 e. The first kappa shape index (κ1) is 14.9. The Kier molecular flexibility index (Phi) is 6.72. The molecule has 0 rings (SSSR count). The lowest BCUT2D eigenvalue weighted by atomic mass is 10.2. The summed E-state index contributed by atoms with van der Waals surface area (Å²) >= 11 is 0. The molecule has 0 heterocycles. The minimum Gasteiger partial charge on any atom is -0.269 e. The van der Waals surface area contributed by atoms with Crippen molar-refractivity contribution in [1.82, 2.24) is 4.72 Å². The highest BCUT2D eigenvalue weighted by Crippen LogP contribution is 2.03. The molecule has 0 spiro atoms. The maximum atomic E-state index is 11.5. The summed E-state index contributed by atoms with van der Waals surface area (Å²) in [5.41, 5.74) is 0. The van der Waals surface area contributed by atoms with E-state index in [1.165, 1.54) is 12.2 Å². The van der Waals surface area contributed by atoms with Crippen molar-refractivity contribution in [2.24, 2.45) is 5.92 Å². The maximum absolute atomic E-state index is 11.5. The van der Waals surface area contributed by atoms with Crippen LogP contribution in [0.25, 0.3) is 0 Å². The molecule has 0 saturated heterocycles. The number of amides is 1. The minimum atomic E-state index is -3.50. The van der Waals surface area contributed by atoms with Gasteiger partial charge in [0.05, 0.1) is 5.75 Å². The lowest BCUT2D eigenvalue weighted by Gasteiger charge is -2.09. The van der Waals surface area contributed by atoms with Crippen LogP contribution in [-0.2, 0) is 14.8 Å². The van der Waals surface area contributed by atoms with Crippen LogP contribution in [0.3, 0.4) is 0 Å². The molecule has 16 heavy (non-hydrogen) atoms. The van der Waals surface area contributed by atoms with E-state index in [0.717, 1.165) is 6.42 Å². The molecule has 0 aliphatic heterocycles. The van der Waals surface area contributed by atoms with E-state index in [4.69, 9.17) is 0 Å². The van der Waals surface area contributed by atoms with Crippen LogP contribution in [0.5, 0.6) is 0 Å². The normalized spacial score (nSPS) is 14.4. The first-order valence-electron chi connectivity index (χ1n) is 5.25. The van der Waals surface area contributed by atoms with Crippen molar-refractivity contribution in [2.75, 3.05) is 5.75 Å². The Morgan fingerprint density at radius 3 is 2.50 bits per heavy atom. The van der Waals surface area contributed by atoms with E-state index < -0.39 is 15.9 Å². The minimum absolute atomic E-state index is 0.0211. The van der Waals surface area contributed by atoms with Gasteiger partial charge in [0.1, 0.15) is 0 Å². The van der Waals surface area contributed by atoms with Crippen molar-refractivity contribution in [3.05, 3.63) is 24.3 Å². The largest absolute Gasteiger partial charge is 0.269 e. The fourth-order valence-corrected chi connectivity index (χ4v) is 2.42. The fourth-order valence-electron chi connectivity index (χ4n) is 0.975. The average Bonchev–Trinajstić information content (AvgIpc) is 2.16. The predicted molar refractivity (Wildman–Crippen MR) is 65.3 cm³/mol. The second-order valence-electron chi connectivity index (χ2n) is 3.65. The monoisotopic (exact) mass is 245 g/mol. The van der Waals surface area contributed by atoms with Crippen LogP contribution < -0.4 is 4.72 Å². The zero-order valence-electron chi connectivity index (χ0n) is 9.93. The van der Waals surface area contributed by atoms with Crippen LogP contribution in [-0.4, -0.2) is 20.1 Å². The van der Waals surface area contributed by atoms with E-state index in [0.29, 0.717) is 0 Å². The molecule has 1 atom stereocenters. The van der Waals surface area contributed by atoms with E-state index in [9.17, 15) is 13.2 Å². The molecule has 92 valence electrons. The van der Waals surface area contributed by atoms with Gasteiger partial charge in [-0.25, -0.2) is 13.1 Å². The highest BCUT2D eigenvalue weighted by Gasteiger charge is 2.15. The molecule has 0 fully saturated rings. The number of sulfonamides is 1. The molecule has 1 amide bonds. The molecule has 0 aromatic carbocycles. The lowest BCUT2D eigenvalue weighted by Crippen LogP contribution is -2.33. The van der Waals surface area contributed by atoms with Crippen molar-refractivity contribution in [2.45, 2.75) is 27.2 Å². The van der Waals surface area contributed by atoms with Gasteiger partial charge in [-0.3, -0.25) is 4.79 Å². The number of carbonyl (C=O) groups excluding carboxylic acids is 1. The van der Waals surface area contributed by atoms with Gasteiger partial charge in [0.2, 0.25) is 10.0 Å². The first-order chi connectivity index (χ1) is 7.41. The van der Waals surface area contributed by atoms with Gasteiger partial charge in [0.25, 0.3) is 5.91 Å². The summed E-state index contributed by atoms with van der Waals surface area (Å²) in [6.45, 7) is 5.55. The average molecular weight is 245 g/mol. The van der Waals surface area contributed by atoms with Gasteiger partial charge in [0.15, 0.2) is 0 Å². The van der Waals surface area contributed by atoms with Gasteiger partial charge < -0.3 is 0 Å². The molecule has 1 N–H and O–H groups in total. The number of nitrogens with one attached hydrogen (secondary N) is 1. The topological polar surface area (TPSA) is 63.2 Å². The third-order valence-corrected chi connectivity index (χ3v) is 3.53.